The van der Waals surface area contributed by atoms with Crippen molar-refractivity contribution in [1.82, 2.24) is 4.90 Å². The van der Waals surface area contributed by atoms with Crippen LogP contribution in [0.4, 0.5) is 0 Å². The number of ether oxygens (including phenoxy) is 2. The second-order valence-corrected chi connectivity index (χ2v) is 5.36. The van der Waals surface area contributed by atoms with E-state index in [1.54, 1.807) is 18.2 Å². The first-order chi connectivity index (χ1) is 10.0. The van der Waals surface area contributed by atoms with Crippen LogP contribution in [0.5, 0.6) is 5.75 Å². The predicted octanol–water partition coefficient (Wildman–Crippen LogP) is 2.15. The van der Waals surface area contributed by atoms with E-state index in [-0.39, 0.29) is 6.10 Å². The first-order valence-corrected chi connectivity index (χ1v) is 7.06. The third kappa shape index (κ3) is 5.04. The van der Waals surface area contributed by atoms with Crippen molar-refractivity contribution in [3.8, 4) is 5.75 Å². The summed E-state index contributed by atoms with van der Waals surface area (Å²) in [6.45, 7) is 2.84. The van der Waals surface area contributed by atoms with Crippen LogP contribution in [-0.4, -0.2) is 55.4 Å². The van der Waals surface area contributed by atoms with Crippen LogP contribution >= 0.6 is 11.6 Å². The van der Waals surface area contributed by atoms with Crippen molar-refractivity contribution in [2.45, 2.75) is 6.10 Å². The molecule has 0 amide bonds. The van der Waals surface area contributed by atoms with Gasteiger partial charge < -0.3 is 19.5 Å². The Kier molecular flexibility index (Phi) is 5.61. The molecule has 1 fully saturated rings. The predicted molar refractivity (Wildman–Crippen MR) is 80.9 cm³/mol. The summed E-state index contributed by atoms with van der Waals surface area (Å²) in [6.07, 6.45) is 2.54. The van der Waals surface area contributed by atoms with Gasteiger partial charge in [-0.25, -0.2) is 4.79 Å². The van der Waals surface area contributed by atoms with Crippen LogP contribution in [0.15, 0.2) is 24.3 Å². The van der Waals surface area contributed by atoms with Crippen LogP contribution in [0.25, 0.3) is 6.08 Å². The van der Waals surface area contributed by atoms with E-state index in [2.05, 4.69) is 4.90 Å². The number of morpholine rings is 1. The van der Waals surface area contributed by atoms with Gasteiger partial charge in [-0.15, -0.1) is 0 Å². The molecule has 1 unspecified atom stereocenters. The third-order valence-corrected chi connectivity index (χ3v) is 3.38. The number of hydrogen-bond acceptors (Lipinski definition) is 4. The maximum absolute atomic E-state index is 10.6. The minimum atomic E-state index is -1.02. The van der Waals surface area contributed by atoms with Crippen molar-refractivity contribution in [2.75, 3.05) is 33.4 Å². The number of hydrogen-bond donors (Lipinski definition) is 1. The van der Waals surface area contributed by atoms with Crippen LogP contribution in [0.1, 0.15) is 5.56 Å². The molecule has 2 rings (SSSR count). The molecule has 1 atom stereocenters. The number of aliphatic carboxylic acids is 1. The number of benzene rings is 1. The molecule has 1 aliphatic heterocycles. The summed E-state index contributed by atoms with van der Waals surface area (Å²) < 4.78 is 11.4. The van der Waals surface area contributed by atoms with Gasteiger partial charge in [-0.2, -0.15) is 0 Å². The summed E-state index contributed by atoms with van der Waals surface area (Å²) in [5.74, 6) is -0.424. The Morgan fingerprint density at radius 2 is 2.43 bits per heavy atom. The normalized spacial score (nSPS) is 19.8. The van der Waals surface area contributed by atoms with Gasteiger partial charge in [0, 0.05) is 29.8 Å². The van der Waals surface area contributed by atoms with Gasteiger partial charge in [0.25, 0.3) is 0 Å². The lowest BCUT2D eigenvalue weighted by molar-refractivity contribution is -0.131. The Labute approximate surface area is 128 Å². The molecular formula is C15H18ClNO4. The highest BCUT2D eigenvalue weighted by Crippen LogP contribution is 2.24. The Hall–Kier alpha value is -1.56. The molecule has 1 N–H and O–H groups in total. The molecule has 114 valence electrons. The van der Waals surface area contributed by atoms with Crippen LogP contribution in [-0.2, 0) is 9.53 Å². The molecule has 1 saturated heterocycles. The van der Waals surface area contributed by atoms with Crippen LogP contribution in [0, 0.1) is 0 Å². The second kappa shape index (κ2) is 7.45. The number of nitrogens with zero attached hydrogens (tertiary/aromatic N) is 1. The summed E-state index contributed by atoms with van der Waals surface area (Å²) in [5, 5.41) is 9.24. The largest absolute Gasteiger partial charge is 0.490 e. The molecule has 0 aliphatic carbocycles. The fraction of sp³-hybridized carbons (Fsp3) is 0.400. The molecule has 21 heavy (non-hydrogen) atoms. The number of carboxylic acids is 1. The molecule has 6 heteroatoms. The van der Waals surface area contributed by atoms with Gasteiger partial charge in [-0.1, -0.05) is 11.6 Å². The molecular weight excluding hydrogens is 294 g/mol. The Morgan fingerprint density at radius 3 is 3.14 bits per heavy atom. The number of likely N-dealkylation sites (N-methyl/N-ethyl adjacent to an activating group) is 1. The first-order valence-electron chi connectivity index (χ1n) is 6.68. The summed E-state index contributed by atoms with van der Waals surface area (Å²) >= 11 is 5.93. The van der Waals surface area contributed by atoms with E-state index in [1.807, 2.05) is 7.05 Å². The van der Waals surface area contributed by atoms with E-state index in [1.165, 1.54) is 6.08 Å². The molecule has 5 nitrogen and oxygen atoms in total. The van der Waals surface area contributed by atoms with E-state index in [0.717, 1.165) is 19.2 Å². The van der Waals surface area contributed by atoms with E-state index in [0.29, 0.717) is 29.5 Å². The average molecular weight is 312 g/mol. The van der Waals surface area contributed by atoms with Crippen LogP contribution in [0.3, 0.4) is 0 Å². The van der Waals surface area contributed by atoms with Gasteiger partial charge in [0.1, 0.15) is 18.5 Å². The standard InChI is InChI=1S/C15H18ClNO4/c1-17-6-7-20-13(9-17)10-21-14-4-3-12(16)8-11(14)2-5-15(18)19/h2-5,8,13H,6-7,9-10H2,1H3,(H,18,19). The summed E-state index contributed by atoms with van der Waals surface area (Å²) in [7, 11) is 2.04. The highest BCUT2D eigenvalue weighted by molar-refractivity contribution is 6.30. The number of carbonyl (C=O) groups is 1. The Balaban J connectivity index is 2.03. The summed E-state index contributed by atoms with van der Waals surface area (Å²) in [6, 6.07) is 5.11. The van der Waals surface area contributed by atoms with E-state index < -0.39 is 5.97 Å². The fourth-order valence-electron chi connectivity index (χ4n) is 2.09. The maximum Gasteiger partial charge on any atom is 0.328 e. The number of rotatable bonds is 5. The molecule has 0 saturated carbocycles. The van der Waals surface area contributed by atoms with Gasteiger partial charge in [0.15, 0.2) is 0 Å². The van der Waals surface area contributed by atoms with E-state index >= 15 is 0 Å². The van der Waals surface area contributed by atoms with Gasteiger partial charge in [0.05, 0.1) is 6.61 Å². The molecule has 1 aromatic carbocycles. The minimum Gasteiger partial charge on any atom is -0.490 e. The number of halogens is 1. The lowest BCUT2D eigenvalue weighted by atomic mass is 10.2. The zero-order chi connectivity index (χ0) is 15.2. The fourth-order valence-corrected chi connectivity index (χ4v) is 2.27. The van der Waals surface area contributed by atoms with E-state index in [9.17, 15) is 4.79 Å². The van der Waals surface area contributed by atoms with Crippen LogP contribution in [0.2, 0.25) is 5.02 Å². The van der Waals surface area contributed by atoms with Gasteiger partial charge in [0.2, 0.25) is 0 Å². The Bertz CT molecular complexity index is 532. The zero-order valence-corrected chi connectivity index (χ0v) is 12.5. The van der Waals surface area contributed by atoms with E-state index in [4.69, 9.17) is 26.2 Å². The molecule has 1 aromatic rings. The minimum absolute atomic E-state index is 0.00994. The lowest BCUT2D eigenvalue weighted by Crippen LogP contribution is -2.42. The highest BCUT2D eigenvalue weighted by atomic mass is 35.5. The molecule has 0 spiro atoms. The zero-order valence-electron chi connectivity index (χ0n) is 11.8. The van der Waals surface area contributed by atoms with Crippen molar-refractivity contribution < 1.29 is 19.4 Å². The maximum atomic E-state index is 10.6. The lowest BCUT2D eigenvalue weighted by Gasteiger charge is -2.30. The second-order valence-electron chi connectivity index (χ2n) is 4.92. The van der Waals surface area contributed by atoms with Gasteiger partial charge >= 0.3 is 5.97 Å². The topological polar surface area (TPSA) is 59.0 Å². The average Bonchev–Trinajstić information content (AvgIpc) is 2.44. The van der Waals surface area contributed by atoms with Crippen molar-refractivity contribution in [3.63, 3.8) is 0 Å². The third-order valence-electron chi connectivity index (χ3n) is 3.14. The molecule has 0 bridgehead atoms. The summed E-state index contributed by atoms with van der Waals surface area (Å²) in [5.41, 5.74) is 0.633. The van der Waals surface area contributed by atoms with Gasteiger partial charge in [-0.05, 0) is 31.3 Å². The Morgan fingerprint density at radius 1 is 1.62 bits per heavy atom. The van der Waals surface area contributed by atoms with Gasteiger partial charge in [-0.3, -0.25) is 0 Å². The monoisotopic (exact) mass is 311 g/mol. The molecule has 0 radical (unpaired) electrons. The smallest absolute Gasteiger partial charge is 0.328 e. The number of carboxylic acid groups (broad SMARTS) is 1. The molecule has 0 aromatic heterocycles. The highest BCUT2D eigenvalue weighted by Gasteiger charge is 2.18. The SMILES string of the molecule is CN1CCOC(COc2ccc(Cl)cc2C=CC(=O)O)C1. The van der Waals surface area contributed by atoms with Crippen molar-refractivity contribution in [2.24, 2.45) is 0 Å². The quantitative estimate of drug-likeness (QED) is 0.844. The van der Waals surface area contributed by atoms with Crippen molar-refractivity contribution in [1.29, 1.82) is 0 Å². The van der Waals surface area contributed by atoms with Crippen molar-refractivity contribution in [3.05, 3.63) is 34.9 Å². The van der Waals surface area contributed by atoms with Crippen molar-refractivity contribution >= 4 is 23.6 Å². The first kappa shape index (κ1) is 15.8. The molecule has 1 aliphatic rings. The van der Waals surface area contributed by atoms with Crippen LogP contribution < -0.4 is 4.74 Å². The molecule has 1 heterocycles. The summed E-state index contributed by atoms with van der Waals surface area (Å²) in [4.78, 5) is 12.8.